The van der Waals surface area contributed by atoms with Gasteiger partial charge < -0.3 is 14.1 Å². The quantitative estimate of drug-likeness (QED) is 0.623. The third-order valence-corrected chi connectivity index (χ3v) is 6.25. The summed E-state index contributed by atoms with van der Waals surface area (Å²) in [5.41, 5.74) is 2.10. The van der Waals surface area contributed by atoms with Crippen molar-refractivity contribution in [2.24, 2.45) is 0 Å². The average molecular weight is 426 g/mol. The molecule has 1 aromatic heterocycles. The number of fused-ring (bicyclic) bond motifs is 1. The first-order valence-corrected chi connectivity index (χ1v) is 11.4. The van der Waals surface area contributed by atoms with Gasteiger partial charge >= 0.3 is 0 Å². The van der Waals surface area contributed by atoms with Crippen LogP contribution >= 0.6 is 0 Å². The van der Waals surface area contributed by atoms with E-state index in [1.807, 2.05) is 30.3 Å². The van der Waals surface area contributed by atoms with Gasteiger partial charge in [-0.2, -0.15) is 0 Å². The summed E-state index contributed by atoms with van der Waals surface area (Å²) in [5.74, 6) is 1.07. The third-order valence-electron chi connectivity index (χ3n) is 5.12. The maximum absolute atomic E-state index is 12.9. The fraction of sp³-hybridized carbons (Fsp3) is 0.273. The van der Waals surface area contributed by atoms with Crippen LogP contribution in [0.2, 0.25) is 0 Å². The minimum Gasteiger partial charge on any atom is -0.442 e. The predicted molar refractivity (Wildman–Crippen MR) is 110 cm³/mol. The fourth-order valence-electron chi connectivity index (χ4n) is 3.54. The van der Waals surface area contributed by atoms with Gasteiger partial charge in [0.05, 0.1) is 11.4 Å². The maximum atomic E-state index is 12.9. The van der Waals surface area contributed by atoms with Crippen LogP contribution in [0, 0.1) is 0 Å². The van der Waals surface area contributed by atoms with Crippen LogP contribution in [0.15, 0.2) is 63.9 Å². The number of hydrogen-bond acceptors (Lipinski definition) is 6. The lowest BCUT2D eigenvalue weighted by molar-refractivity contribution is 0.0727. The van der Waals surface area contributed by atoms with Crippen LogP contribution in [0.5, 0.6) is 0 Å². The highest BCUT2D eigenvalue weighted by Gasteiger charge is 2.29. The van der Waals surface area contributed by atoms with Crippen molar-refractivity contribution in [2.75, 3.05) is 19.9 Å². The van der Waals surface area contributed by atoms with E-state index in [2.05, 4.69) is 4.98 Å². The lowest BCUT2D eigenvalue weighted by Crippen LogP contribution is -2.35. The molecule has 0 radical (unpaired) electrons. The van der Waals surface area contributed by atoms with Crippen molar-refractivity contribution < 1.29 is 22.4 Å². The molecule has 1 amide bonds. The molecule has 7 nitrogen and oxygen atoms in total. The summed E-state index contributed by atoms with van der Waals surface area (Å²) in [7, 11) is -1.69. The van der Waals surface area contributed by atoms with Gasteiger partial charge in [0.15, 0.2) is 15.9 Å². The summed E-state index contributed by atoms with van der Waals surface area (Å²) in [6.07, 6.45) is 1.28. The largest absolute Gasteiger partial charge is 0.442 e. The van der Waals surface area contributed by atoms with Crippen molar-refractivity contribution in [3.63, 3.8) is 0 Å². The molecule has 1 aliphatic rings. The molecule has 0 N–H and O–H groups in total. The van der Waals surface area contributed by atoms with Crippen LogP contribution < -0.4 is 0 Å². The zero-order valence-electron chi connectivity index (χ0n) is 16.7. The highest BCUT2D eigenvalue weighted by atomic mass is 32.2. The number of benzene rings is 2. The van der Waals surface area contributed by atoms with Gasteiger partial charge in [-0.25, -0.2) is 13.4 Å². The minimum atomic E-state index is -3.30. The van der Waals surface area contributed by atoms with Crippen molar-refractivity contribution in [1.29, 1.82) is 0 Å². The molecule has 0 bridgehead atoms. The fourth-order valence-corrected chi connectivity index (χ4v) is 4.17. The molecule has 0 spiro atoms. The van der Waals surface area contributed by atoms with Gasteiger partial charge in [-0.3, -0.25) is 4.79 Å². The number of methoxy groups -OCH3 is 1. The van der Waals surface area contributed by atoms with Gasteiger partial charge in [0, 0.05) is 31.9 Å². The van der Waals surface area contributed by atoms with E-state index in [4.69, 9.17) is 9.15 Å². The summed E-state index contributed by atoms with van der Waals surface area (Å²) in [4.78, 5) is 19.4. The number of oxazole rings is 1. The maximum Gasteiger partial charge on any atom is 0.254 e. The van der Waals surface area contributed by atoms with E-state index >= 15 is 0 Å². The second kappa shape index (κ2) is 8.04. The van der Waals surface area contributed by atoms with Gasteiger partial charge in [-0.15, -0.1) is 0 Å². The molecule has 2 aromatic carbocycles. The molecule has 1 aliphatic heterocycles. The molecule has 30 heavy (non-hydrogen) atoms. The predicted octanol–water partition coefficient (Wildman–Crippen LogP) is 3.01. The summed E-state index contributed by atoms with van der Waals surface area (Å²) < 4.78 is 34.8. The van der Waals surface area contributed by atoms with Gasteiger partial charge in [-0.1, -0.05) is 30.3 Å². The Kier molecular flexibility index (Phi) is 5.44. The Balaban J connectivity index is 1.53. The van der Waals surface area contributed by atoms with Gasteiger partial charge in [0.25, 0.3) is 5.91 Å². The Morgan fingerprint density at radius 3 is 2.47 bits per heavy atom. The smallest absolute Gasteiger partial charge is 0.254 e. The number of hydrogen-bond donors (Lipinski definition) is 0. The summed E-state index contributed by atoms with van der Waals surface area (Å²) in [6, 6.07) is 15.7. The third kappa shape index (κ3) is 4.01. The second-order valence-corrected chi connectivity index (χ2v) is 9.24. The van der Waals surface area contributed by atoms with Gasteiger partial charge in [0.1, 0.15) is 11.5 Å². The van der Waals surface area contributed by atoms with Crippen LogP contribution in [0.3, 0.4) is 0 Å². The number of ether oxygens (including phenoxy) is 1. The second-order valence-electron chi connectivity index (χ2n) is 7.22. The monoisotopic (exact) mass is 426 g/mol. The van der Waals surface area contributed by atoms with Crippen molar-refractivity contribution in [3.8, 4) is 0 Å². The van der Waals surface area contributed by atoms with Crippen molar-refractivity contribution in [2.45, 2.75) is 24.0 Å². The SMILES string of the molecule is COC(c1ccccc1)c1nc2c(o1)CCN(C(=O)c1ccc(S(C)(=O)=O)cc1)C2. The first kappa shape index (κ1) is 20.3. The zero-order valence-corrected chi connectivity index (χ0v) is 17.6. The Bertz CT molecular complexity index is 1150. The first-order valence-electron chi connectivity index (χ1n) is 9.52. The molecule has 3 aromatic rings. The van der Waals surface area contributed by atoms with E-state index < -0.39 is 15.9 Å². The van der Waals surface area contributed by atoms with Gasteiger partial charge in [-0.05, 0) is 29.8 Å². The van der Waals surface area contributed by atoms with Crippen LogP contribution in [0.1, 0.15) is 39.4 Å². The van der Waals surface area contributed by atoms with Crippen molar-refractivity contribution >= 4 is 15.7 Å². The van der Waals surface area contributed by atoms with E-state index in [0.717, 1.165) is 23.3 Å². The lowest BCUT2D eigenvalue weighted by Gasteiger charge is -2.25. The summed E-state index contributed by atoms with van der Waals surface area (Å²) in [5, 5.41) is 0. The highest BCUT2D eigenvalue weighted by Crippen LogP contribution is 2.29. The van der Waals surface area contributed by atoms with Crippen molar-refractivity contribution in [1.82, 2.24) is 9.88 Å². The Morgan fingerprint density at radius 1 is 1.13 bits per heavy atom. The average Bonchev–Trinajstić information content (AvgIpc) is 3.17. The van der Waals surface area contributed by atoms with E-state index in [1.165, 1.54) is 12.1 Å². The van der Waals surface area contributed by atoms with Crippen LogP contribution in [0.25, 0.3) is 0 Å². The molecule has 0 fully saturated rings. The Labute approximate surface area is 175 Å². The molecular formula is C22H22N2O5S. The summed E-state index contributed by atoms with van der Waals surface area (Å²) >= 11 is 0. The molecular weight excluding hydrogens is 404 g/mol. The summed E-state index contributed by atoms with van der Waals surface area (Å²) in [6.45, 7) is 0.827. The molecule has 1 unspecified atom stereocenters. The van der Waals surface area contributed by atoms with Crippen molar-refractivity contribution in [3.05, 3.63) is 83.1 Å². The zero-order chi connectivity index (χ0) is 21.3. The number of rotatable bonds is 5. The molecule has 1 atom stereocenters. The normalized spacial score (nSPS) is 14.9. The number of sulfone groups is 1. The molecule has 0 saturated carbocycles. The first-order chi connectivity index (χ1) is 14.4. The number of nitrogens with zero attached hydrogens (tertiary/aromatic N) is 2. The van der Waals surface area contributed by atoms with E-state index in [9.17, 15) is 13.2 Å². The molecule has 4 rings (SSSR count). The molecule has 156 valence electrons. The standard InChI is InChI=1S/C22H22N2O5S/c1-28-20(15-6-4-3-5-7-15)21-23-18-14-24(13-12-19(18)29-21)22(25)16-8-10-17(11-9-16)30(2,26)27/h3-11,20H,12-14H2,1-2H3. The van der Waals surface area contributed by atoms with Crippen LogP contribution in [-0.2, 0) is 27.5 Å². The molecule has 0 aliphatic carbocycles. The molecule has 2 heterocycles. The minimum absolute atomic E-state index is 0.170. The van der Waals surface area contributed by atoms with Crippen LogP contribution in [-0.4, -0.2) is 44.1 Å². The lowest BCUT2D eigenvalue weighted by atomic mass is 10.1. The van der Waals surface area contributed by atoms with E-state index in [0.29, 0.717) is 31.0 Å². The Hall–Kier alpha value is -2.97. The van der Waals surface area contributed by atoms with E-state index in [1.54, 1.807) is 24.1 Å². The number of carbonyl (C=O) groups is 1. The molecule has 8 heteroatoms. The van der Waals surface area contributed by atoms with Gasteiger partial charge in [0.2, 0.25) is 5.89 Å². The van der Waals surface area contributed by atoms with Crippen LogP contribution in [0.4, 0.5) is 0 Å². The number of aromatic nitrogens is 1. The topological polar surface area (TPSA) is 89.7 Å². The van der Waals surface area contributed by atoms with E-state index in [-0.39, 0.29) is 10.8 Å². The molecule has 0 saturated heterocycles. The number of amides is 1. The Morgan fingerprint density at radius 2 is 1.83 bits per heavy atom. The highest BCUT2D eigenvalue weighted by molar-refractivity contribution is 7.90. The number of carbonyl (C=O) groups excluding carboxylic acids is 1.